The van der Waals surface area contributed by atoms with Gasteiger partial charge >= 0.3 is 0 Å². The number of benzene rings is 2. The third kappa shape index (κ3) is 2.99. The summed E-state index contributed by atoms with van der Waals surface area (Å²) in [5.41, 5.74) is 3.63. The molecule has 2 nitrogen and oxygen atoms in total. The van der Waals surface area contributed by atoms with Crippen molar-refractivity contribution in [2.75, 3.05) is 5.32 Å². The Morgan fingerprint density at radius 3 is 2.56 bits per heavy atom. The van der Waals surface area contributed by atoms with E-state index < -0.39 is 0 Å². The minimum Gasteiger partial charge on any atom is -0.328 e. The monoisotopic (exact) mass is 235 g/mol. The molecule has 0 radical (unpaired) electrons. The van der Waals surface area contributed by atoms with E-state index in [2.05, 4.69) is 17.2 Å². The second kappa shape index (κ2) is 5.70. The molecule has 2 rings (SSSR count). The predicted molar refractivity (Wildman–Crippen MR) is 73.3 cm³/mol. The van der Waals surface area contributed by atoms with Crippen molar-refractivity contribution >= 4 is 12.1 Å². The van der Waals surface area contributed by atoms with Gasteiger partial charge in [-0.15, -0.1) is 0 Å². The summed E-state index contributed by atoms with van der Waals surface area (Å²) < 4.78 is 0. The van der Waals surface area contributed by atoms with Crippen molar-refractivity contribution in [2.24, 2.45) is 0 Å². The molecule has 0 aliphatic rings. The summed E-state index contributed by atoms with van der Waals surface area (Å²) in [4.78, 5) is 10.5. The minimum atomic E-state index is 0.665. The Balaban J connectivity index is 2.36. The maximum Gasteiger partial charge on any atom is 0.211 e. The molecule has 0 atom stereocenters. The lowest BCUT2D eigenvalue weighted by molar-refractivity contribution is -0.105. The summed E-state index contributed by atoms with van der Waals surface area (Å²) in [5.74, 6) is 6.16. The van der Waals surface area contributed by atoms with Gasteiger partial charge in [-0.05, 0) is 36.8 Å². The highest BCUT2D eigenvalue weighted by Crippen LogP contribution is 2.15. The first-order valence-corrected chi connectivity index (χ1v) is 5.67. The van der Waals surface area contributed by atoms with Gasteiger partial charge in [-0.2, -0.15) is 0 Å². The molecule has 0 unspecified atom stereocenters. The number of carbonyl (C=O) groups is 1. The molecule has 2 heteroatoms. The molecule has 0 saturated carbocycles. The molecule has 0 aromatic heterocycles. The zero-order valence-corrected chi connectivity index (χ0v) is 10.1. The van der Waals surface area contributed by atoms with E-state index in [1.165, 1.54) is 0 Å². The van der Waals surface area contributed by atoms with E-state index in [-0.39, 0.29) is 0 Å². The molecule has 0 aliphatic heterocycles. The molecule has 88 valence electrons. The quantitative estimate of drug-likeness (QED) is 0.629. The Kier molecular flexibility index (Phi) is 3.78. The van der Waals surface area contributed by atoms with Gasteiger partial charge in [0.2, 0.25) is 6.41 Å². The minimum absolute atomic E-state index is 0.665. The van der Waals surface area contributed by atoms with E-state index in [1.807, 2.05) is 55.5 Å². The third-order valence-corrected chi connectivity index (χ3v) is 2.50. The van der Waals surface area contributed by atoms with E-state index in [9.17, 15) is 4.79 Å². The summed E-state index contributed by atoms with van der Waals surface area (Å²) in [6.07, 6.45) is 0.665. The van der Waals surface area contributed by atoms with Gasteiger partial charge in [-0.3, -0.25) is 4.79 Å². The van der Waals surface area contributed by atoms with Crippen molar-refractivity contribution in [1.29, 1.82) is 0 Å². The van der Waals surface area contributed by atoms with Crippen molar-refractivity contribution in [3.05, 3.63) is 65.2 Å². The van der Waals surface area contributed by atoms with Crippen LogP contribution < -0.4 is 5.32 Å². The fourth-order valence-corrected chi connectivity index (χ4v) is 1.61. The first-order chi connectivity index (χ1) is 8.79. The smallest absolute Gasteiger partial charge is 0.211 e. The first kappa shape index (κ1) is 11.9. The molecule has 0 saturated heterocycles. The zero-order valence-electron chi connectivity index (χ0n) is 10.1. The molecule has 0 spiro atoms. The van der Waals surface area contributed by atoms with Crippen molar-refractivity contribution in [2.45, 2.75) is 6.92 Å². The number of carbonyl (C=O) groups excluding carboxylic acids is 1. The highest BCUT2D eigenvalue weighted by molar-refractivity contribution is 5.76. The zero-order chi connectivity index (χ0) is 12.8. The third-order valence-electron chi connectivity index (χ3n) is 2.50. The molecule has 1 N–H and O–H groups in total. The molecule has 0 fully saturated rings. The van der Waals surface area contributed by atoms with Crippen LogP contribution in [0.4, 0.5) is 5.69 Å². The van der Waals surface area contributed by atoms with Crippen LogP contribution in [-0.2, 0) is 4.79 Å². The van der Waals surface area contributed by atoms with Crippen LogP contribution in [0.2, 0.25) is 0 Å². The number of aryl methyl sites for hydroxylation is 1. The van der Waals surface area contributed by atoms with Gasteiger partial charge in [0.05, 0.1) is 5.69 Å². The summed E-state index contributed by atoms with van der Waals surface area (Å²) in [5, 5.41) is 2.66. The summed E-state index contributed by atoms with van der Waals surface area (Å²) >= 11 is 0. The Morgan fingerprint density at radius 2 is 1.83 bits per heavy atom. The summed E-state index contributed by atoms with van der Waals surface area (Å²) in [6, 6.07) is 15.5. The Labute approximate surface area is 107 Å². The maximum atomic E-state index is 10.5. The number of hydrogen-bond acceptors (Lipinski definition) is 1. The molecule has 2 aromatic rings. The average molecular weight is 235 g/mol. The van der Waals surface area contributed by atoms with E-state index in [1.54, 1.807) is 0 Å². The van der Waals surface area contributed by atoms with Gasteiger partial charge < -0.3 is 5.32 Å². The summed E-state index contributed by atoms with van der Waals surface area (Å²) in [7, 11) is 0. The van der Waals surface area contributed by atoms with Crippen molar-refractivity contribution in [3.8, 4) is 11.8 Å². The van der Waals surface area contributed by atoms with Gasteiger partial charge in [-0.25, -0.2) is 0 Å². The molecule has 18 heavy (non-hydrogen) atoms. The largest absolute Gasteiger partial charge is 0.328 e. The summed E-state index contributed by atoms with van der Waals surface area (Å²) in [6.45, 7) is 2.00. The van der Waals surface area contributed by atoms with E-state index >= 15 is 0 Å². The molecule has 2 aromatic carbocycles. The van der Waals surface area contributed by atoms with Crippen molar-refractivity contribution in [1.82, 2.24) is 0 Å². The fraction of sp³-hybridized carbons (Fsp3) is 0.0625. The number of amides is 1. The average Bonchev–Trinajstić information content (AvgIpc) is 2.40. The standard InChI is InChI=1S/C16H13NO/c1-13-7-10-16(17-12-18)15(11-13)9-8-14-5-3-2-4-6-14/h2-7,10-12H,1H3,(H,17,18). The number of hydrogen-bond donors (Lipinski definition) is 1. The second-order valence-corrected chi connectivity index (χ2v) is 3.93. The van der Waals surface area contributed by atoms with Crippen LogP contribution in [0.5, 0.6) is 0 Å². The van der Waals surface area contributed by atoms with Crippen LogP contribution in [-0.4, -0.2) is 6.41 Å². The molecule has 0 heterocycles. The lowest BCUT2D eigenvalue weighted by Gasteiger charge is -2.03. The molecule has 0 aliphatic carbocycles. The van der Waals surface area contributed by atoms with Gasteiger partial charge in [0.15, 0.2) is 0 Å². The highest BCUT2D eigenvalue weighted by Gasteiger charge is 1.98. The second-order valence-electron chi connectivity index (χ2n) is 3.93. The van der Waals surface area contributed by atoms with E-state index in [4.69, 9.17) is 0 Å². The van der Waals surface area contributed by atoms with Crippen LogP contribution in [0.15, 0.2) is 48.5 Å². The van der Waals surface area contributed by atoms with Gasteiger partial charge in [0, 0.05) is 11.1 Å². The number of rotatable bonds is 2. The number of nitrogens with one attached hydrogen (secondary N) is 1. The van der Waals surface area contributed by atoms with Crippen LogP contribution in [0.25, 0.3) is 0 Å². The van der Waals surface area contributed by atoms with Gasteiger partial charge in [-0.1, -0.05) is 36.1 Å². The lowest BCUT2D eigenvalue weighted by atomic mass is 10.1. The molecule has 0 bridgehead atoms. The molecule has 1 amide bonds. The fourth-order valence-electron chi connectivity index (χ4n) is 1.61. The number of anilines is 1. The van der Waals surface area contributed by atoms with Crippen LogP contribution in [0.3, 0.4) is 0 Å². The Hall–Kier alpha value is -2.53. The van der Waals surface area contributed by atoms with Crippen LogP contribution in [0.1, 0.15) is 16.7 Å². The molecular weight excluding hydrogens is 222 g/mol. The maximum absolute atomic E-state index is 10.5. The van der Waals surface area contributed by atoms with E-state index in [0.717, 1.165) is 22.4 Å². The van der Waals surface area contributed by atoms with Crippen molar-refractivity contribution in [3.63, 3.8) is 0 Å². The SMILES string of the molecule is Cc1ccc(NC=O)c(C#Cc2ccccc2)c1. The van der Waals surface area contributed by atoms with Crippen LogP contribution in [0, 0.1) is 18.8 Å². The lowest BCUT2D eigenvalue weighted by Crippen LogP contribution is -1.96. The van der Waals surface area contributed by atoms with Gasteiger partial charge in [0.25, 0.3) is 0 Å². The van der Waals surface area contributed by atoms with Gasteiger partial charge in [0.1, 0.15) is 0 Å². The first-order valence-electron chi connectivity index (χ1n) is 5.67. The Bertz CT molecular complexity index is 606. The highest BCUT2D eigenvalue weighted by atomic mass is 16.1. The topological polar surface area (TPSA) is 29.1 Å². The molecular formula is C16H13NO. The van der Waals surface area contributed by atoms with Crippen LogP contribution >= 0.6 is 0 Å². The normalized spacial score (nSPS) is 9.17. The van der Waals surface area contributed by atoms with Crippen molar-refractivity contribution < 1.29 is 4.79 Å². The Morgan fingerprint density at radius 1 is 1.06 bits per heavy atom. The predicted octanol–water partition coefficient (Wildman–Crippen LogP) is 2.96. The van der Waals surface area contributed by atoms with E-state index in [0.29, 0.717) is 6.41 Å².